The van der Waals surface area contributed by atoms with Gasteiger partial charge in [0.15, 0.2) is 0 Å². The van der Waals surface area contributed by atoms with Crippen molar-refractivity contribution in [1.29, 1.82) is 0 Å². The molecule has 2 aromatic rings. The van der Waals surface area contributed by atoms with Crippen molar-refractivity contribution in [3.8, 4) is 11.5 Å². The van der Waals surface area contributed by atoms with E-state index in [0.29, 0.717) is 16.5 Å². The molecule has 2 aromatic carbocycles. The van der Waals surface area contributed by atoms with Crippen molar-refractivity contribution in [1.82, 2.24) is 0 Å². The number of ether oxygens (including phenoxy) is 2. The quantitative estimate of drug-likeness (QED) is 0.755. The van der Waals surface area contributed by atoms with Crippen LogP contribution in [0.5, 0.6) is 11.5 Å². The second kappa shape index (κ2) is 8.49. The molecule has 0 saturated carbocycles. The molecule has 0 aliphatic rings. The Balaban J connectivity index is 2.39. The Morgan fingerprint density at radius 1 is 1.15 bits per heavy atom. The predicted octanol–water partition coefficient (Wildman–Crippen LogP) is 3.15. The van der Waals surface area contributed by atoms with E-state index in [-0.39, 0.29) is 11.4 Å². The van der Waals surface area contributed by atoms with Crippen LogP contribution in [0.3, 0.4) is 0 Å². The molecule has 0 radical (unpaired) electrons. The summed E-state index contributed by atoms with van der Waals surface area (Å²) in [5.41, 5.74) is 0.665. The van der Waals surface area contributed by atoms with Crippen LogP contribution in [0.4, 0.5) is 11.4 Å². The summed E-state index contributed by atoms with van der Waals surface area (Å²) in [7, 11) is -0.882. The minimum Gasteiger partial charge on any atom is -0.497 e. The lowest BCUT2D eigenvalue weighted by Gasteiger charge is -2.29. The van der Waals surface area contributed by atoms with Gasteiger partial charge >= 0.3 is 0 Å². The molecule has 0 aliphatic carbocycles. The highest BCUT2D eigenvalue weighted by Crippen LogP contribution is 2.34. The van der Waals surface area contributed by atoms with Gasteiger partial charge in [-0.1, -0.05) is 17.7 Å². The summed E-state index contributed by atoms with van der Waals surface area (Å²) < 4.78 is 36.2. The molecular formula is C18H21ClN2O5S. The zero-order valence-corrected chi connectivity index (χ0v) is 17.0. The van der Waals surface area contributed by atoms with Gasteiger partial charge in [-0.2, -0.15) is 0 Å². The number of nitrogens with zero attached hydrogens (tertiary/aromatic N) is 1. The van der Waals surface area contributed by atoms with Crippen LogP contribution in [0.2, 0.25) is 5.02 Å². The molecule has 0 bridgehead atoms. The van der Waals surface area contributed by atoms with E-state index >= 15 is 0 Å². The van der Waals surface area contributed by atoms with Gasteiger partial charge in [0.25, 0.3) is 0 Å². The van der Waals surface area contributed by atoms with Gasteiger partial charge < -0.3 is 14.8 Å². The Morgan fingerprint density at radius 2 is 1.85 bits per heavy atom. The van der Waals surface area contributed by atoms with Gasteiger partial charge in [-0.25, -0.2) is 8.42 Å². The van der Waals surface area contributed by atoms with Crippen molar-refractivity contribution in [2.75, 3.05) is 30.1 Å². The summed E-state index contributed by atoms with van der Waals surface area (Å²) >= 11 is 6.02. The molecule has 9 heteroatoms. The van der Waals surface area contributed by atoms with Crippen LogP contribution in [-0.4, -0.2) is 40.8 Å². The van der Waals surface area contributed by atoms with Crippen molar-refractivity contribution < 1.29 is 22.7 Å². The monoisotopic (exact) mass is 412 g/mol. The molecule has 1 amide bonds. The zero-order chi connectivity index (χ0) is 20.2. The van der Waals surface area contributed by atoms with E-state index in [4.69, 9.17) is 21.1 Å². The molecule has 27 heavy (non-hydrogen) atoms. The highest BCUT2D eigenvalue weighted by Gasteiger charge is 2.31. The van der Waals surface area contributed by atoms with E-state index in [1.165, 1.54) is 27.2 Å². The first-order chi connectivity index (χ1) is 12.7. The Kier molecular flexibility index (Phi) is 6.56. The molecule has 0 aliphatic heterocycles. The molecule has 146 valence electrons. The maximum Gasteiger partial charge on any atom is 0.247 e. The second-order valence-electron chi connectivity index (χ2n) is 5.77. The second-order valence-corrected chi connectivity index (χ2v) is 8.07. The summed E-state index contributed by atoms with van der Waals surface area (Å²) in [4.78, 5) is 12.7. The Morgan fingerprint density at radius 3 is 2.44 bits per heavy atom. The van der Waals surface area contributed by atoms with E-state index in [1.807, 2.05) is 0 Å². The topological polar surface area (TPSA) is 84.9 Å². The number of hydrogen-bond donors (Lipinski definition) is 1. The SMILES string of the molecule is COc1cccc(NC(=O)[C@H](C)N(c2cc(Cl)ccc2OC)S(C)(=O)=O)c1. The third kappa shape index (κ3) is 5.05. The van der Waals surface area contributed by atoms with Gasteiger partial charge in [0.1, 0.15) is 17.5 Å². The summed E-state index contributed by atoms with van der Waals surface area (Å²) in [5.74, 6) is 0.332. The van der Waals surface area contributed by atoms with Crippen LogP contribution in [-0.2, 0) is 14.8 Å². The van der Waals surface area contributed by atoms with Crippen molar-refractivity contribution in [3.05, 3.63) is 47.5 Å². The van der Waals surface area contributed by atoms with Crippen LogP contribution in [0.1, 0.15) is 6.92 Å². The maximum absolute atomic E-state index is 12.7. The summed E-state index contributed by atoms with van der Waals surface area (Å²) in [6.07, 6.45) is 1.02. The number of halogens is 1. The first-order valence-electron chi connectivity index (χ1n) is 7.95. The molecule has 0 heterocycles. The lowest BCUT2D eigenvalue weighted by atomic mass is 10.2. The van der Waals surface area contributed by atoms with Gasteiger partial charge in [0.05, 0.1) is 26.2 Å². The number of carbonyl (C=O) groups excluding carboxylic acids is 1. The molecule has 0 aromatic heterocycles. The fourth-order valence-electron chi connectivity index (χ4n) is 2.56. The van der Waals surface area contributed by atoms with Crippen LogP contribution in [0.15, 0.2) is 42.5 Å². The number of benzene rings is 2. The lowest BCUT2D eigenvalue weighted by Crippen LogP contribution is -2.45. The number of anilines is 2. The Bertz CT molecular complexity index is 933. The molecule has 1 atom stereocenters. The molecule has 1 N–H and O–H groups in total. The van der Waals surface area contributed by atoms with Crippen LogP contribution >= 0.6 is 11.6 Å². The molecule has 0 spiro atoms. The standard InChI is InChI=1S/C18H21ClN2O5S/c1-12(18(22)20-14-6-5-7-15(11-14)25-2)21(27(4,23)24)16-10-13(19)8-9-17(16)26-3/h5-12H,1-4H3,(H,20,22)/t12-/m0/s1. The maximum atomic E-state index is 12.7. The highest BCUT2D eigenvalue weighted by molar-refractivity contribution is 7.92. The fourth-order valence-corrected chi connectivity index (χ4v) is 3.90. The van der Waals surface area contributed by atoms with Crippen molar-refractivity contribution >= 4 is 38.9 Å². The number of methoxy groups -OCH3 is 2. The molecule has 0 saturated heterocycles. The number of carbonyl (C=O) groups is 1. The number of nitrogens with one attached hydrogen (secondary N) is 1. The average molecular weight is 413 g/mol. The predicted molar refractivity (Wildman–Crippen MR) is 106 cm³/mol. The molecule has 2 rings (SSSR count). The van der Waals surface area contributed by atoms with Crippen molar-refractivity contribution in [2.45, 2.75) is 13.0 Å². The van der Waals surface area contributed by atoms with Crippen LogP contribution < -0.4 is 19.1 Å². The van der Waals surface area contributed by atoms with E-state index in [9.17, 15) is 13.2 Å². The van der Waals surface area contributed by atoms with E-state index in [0.717, 1.165) is 10.6 Å². The minimum absolute atomic E-state index is 0.181. The van der Waals surface area contributed by atoms with E-state index < -0.39 is 22.0 Å². The number of sulfonamides is 1. The first kappa shape index (κ1) is 20.9. The van der Waals surface area contributed by atoms with Gasteiger partial charge in [0, 0.05) is 16.8 Å². The van der Waals surface area contributed by atoms with Crippen molar-refractivity contribution in [3.63, 3.8) is 0 Å². The molecule has 0 unspecified atom stereocenters. The van der Waals surface area contributed by atoms with Gasteiger partial charge in [0.2, 0.25) is 15.9 Å². The van der Waals surface area contributed by atoms with E-state index in [1.54, 1.807) is 36.4 Å². The zero-order valence-electron chi connectivity index (χ0n) is 15.4. The summed E-state index contributed by atoms with van der Waals surface area (Å²) in [6.45, 7) is 1.48. The highest BCUT2D eigenvalue weighted by atomic mass is 35.5. The molecule has 0 fully saturated rings. The smallest absolute Gasteiger partial charge is 0.247 e. The van der Waals surface area contributed by atoms with Gasteiger partial charge in [-0.05, 0) is 37.3 Å². The van der Waals surface area contributed by atoms with E-state index in [2.05, 4.69) is 5.32 Å². The average Bonchev–Trinajstić information content (AvgIpc) is 2.61. The Hall–Kier alpha value is -2.45. The molecule has 7 nitrogen and oxygen atoms in total. The lowest BCUT2D eigenvalue weighted by molar-refractivity contribution is -0.116. The summed E-state index contributed by atoms with van der Waals surface area (Å²) in [6, 6.07) is 10.3. The number of rotatable bonds is 7. The third-order valence-corrected chi connectivity index (χ3v) is 5.27. The summed E-state index contributed by atoms with van der Waals surface area (Å²) in [5, 5.41) is 3.01. The van der Waals surface area contributed by atoms with Gasteiger partial charge in [-0.15, -0.1) is 0 Å². The van der Waals surface area contributed by atoms with Crippen LogP contribution in [0.25, 0.3) is 0 Å². The Labute approximate surface area is 163 Å². The third-order valence-electron chi connectivity index (χ3n) is 3.80. The number of hydrogen-bond acceptors (Lipinski definition) is 5. The normalized spacial score (nSPS) is 12.2. The van der Waals surface area contributed by atoms with Crippen LogP contribution in [0, 0.1) is 0 Å². The van der Waals surface area contributed by atoms with Crippen molar-refractivity contribution in [2.24, 2.45) is 0 Å². The molecular weight excluding hydrogens is 392 g/mol. The number of amides is 1. The largest absolute Gasteiger partial charge is 0.497 e. The minimum atomic E-state index is -3.81. The first-order valence-corrected chi connectivity index (χ1v) is 10.2. The van der Waals surface area contributed by atoms with Gasteiger partial charge in [-0.3, -0.25) is 9.10 Å². The fraction of sp³-hybridized carbons (Fsp3) is 0.278.